The third kappa shape index (κ3) is 4.37. The van der Waals surface area contributed by atoms with Crippen LogP contribution in [0.2, 0.25) is 0 Å². The molecule has 18 heavy (non-hydrogen) atoms. The van der Waals surface area contributed by atoms with Gasteiger partial charge in [-0.2, -0.15) is 0 Å². The number of phenols is 1. The van der Waals surface area contributed by atoms with Crippen LogP contribution in [0.25, 0.3) is 0 Å². The first-order valence-electron chi connectivity index (χ1n) is 5.30. The first kappa shape index (κ1) is 14.5. The molecule has 1 atom stereocenters. The van der Waals surface area contributed by atoms with Crippen molar-refractivity contribution in [1.29, 1.82) is 0 Å². The SMILES string of the molecule is COC(=O)C(Br)CNC(=O)Cc1ccccc1O. The molecule has 6 heteroatoms. The van der Waals surface area contributed by atoms with Gasteiger partial charge in [0.05, 0.1) is 13.5 Å². The van der Waals surface area contributed by atoms with Crippen molar-refractivity contribution in [3.05, 3.63) is 29.8 Å². The number of amides is 1. The average molecular weight is 316 g/mol. The fourth-order valence-corrected chi connectivity index (χ4v) is 1.66. The number of aromatic hydroxyl groups is 1. The summed E-state index contributed by atoms with van der Waals surface area (Å²) in [5.74, 6) is -0.640. The van der Waals surface area contributed by atoms with Crippen LogP contribution in [0.3, 0.4) is 0 Å². The number of carbonyl (C=O) groups excluding carboxylic acids is 2. The second kappa shape index (κ2) is 7.00. The smallest absolute Gasteiger partial charge is 0.321 e. The van der Waals surface area contributed by atoms with E-state index >= 15 is 0 Å². The predicted octanol–water partition coefficient (Wildman–Crippen LogP) is 0.987. The van der Waals surface area contributed by atoms with Crippen molar-refractivity contribution in [2.24, 2.45) is 0 Å². The molecule has 1 aromatic rings. The number of hydrogen-bond acceptors (Lipinski definition) is 4. The molecule has 0 aliphatic heterocycles. The molecule has 0 aromatic heterocycles. The molecule has 0 aliphatic carbocycles. The highest BCUT2D eigenvalue weighted by atomic mass is 79.9. The van der Waals surface area contributed by atoms with Gasteiger partial charge in [0.15, 0.2) is 0 Å². The summed E-state index contributed by atoms with van der Waals surface area (Å²) in [5, 5.41) is 12.1. The number of phenolic OH excluding ortho intramolecular Hbond substituents is 1. The fourth-order valence-electron chi connectivity index (χ4n) is 1.31. The molecule has 1 aromatic carbocycles. The van der Waals surface area contributed by atoms with E-state index < -0.39 is 10.8 Å². The van der Waals surface area contributed by atoms with Crippen molar-refractivity contribution in [3.63, 3.8) is 0 Å². The summed E-state index contributed by atoms with van der Waals surface area (Å²) in [6, 6.07) is 6.61. The molecular formula is C12H14BrNO4. The van der Waals surface area contributed by atoms with Gasteiger partial charge < -0.3 is 15.2 Å². The van der Waals surface area contributed by atoms with Gasteiger partial charge in [0.25, 0.3) is 0 Å². The lowest BCUT2D eigenvalue weighted by molar-refractivity contribution is -0.139. The Labute approximate surface area is 113 Å². The van der Waals surface area contributed by atoms with E-state index in [0.29, 0.717) is 5.56 Å². The van der Waals surface area contributed by atoms with Crippen LogP contribution in [0.15, 0.2) is 24.3 Å². The topological polar surface area (TPSA) is 75.6 Å². The minimum absolute atomic E-state index is 0.0631. The van der Waals surface area contributed by atoms with E-state index in [4.69, 9.17) is 0 Å². The van der Waals surface area contributed by atoms with Crippen LogP contribution in [0.1, 0.15) is 5.56 Å². The number of halogens is 1. The predicted molar refractivity (Wildman–Crippen MR) is 69.6 cm³/mol. The molecule has 0 radical (unpaired) electrons. The second-order valence-corrected chi connectivity index (χ2v) is 4.71. The minimum Gasteiger partial charge on any atom is -0.508 e. The van der Waals surface area contributed by atoms with Crippen molar-refractivity contribution in [2.75, 3.05) is 13.7 Å². The van der Waals surface area contributed by atoms with Gasteiger partial charge in [-0.15, -0.1) is 0 Å². The fraction of sp³-hybridized carbons (Fsp3) is 0.333. The summed E-state index contributed by atoms with van der Waals surface area (Å²) in [6.07, 6.45) is 0.0631. The van der Waals surface area contributed by atoms with E-state index in [9.17, 15) is 14.7 Å². The van der Waals surface area contributed by atoms with Crippen LogP contribution in [0.4, 0.5) is 0 Å². The summed E-state index contributed by atoms with van der Waals surface area (Å²) in [4.78, 5) is 22.1. The van der Waals surface area contributed by atoms with Gasteiger partial charge in [-0.25, -0.2) is 0 Å². The van der Waals surface area contributed by atoms with Gasteiger partial charge in [0.1, 0.15) is 10.6 Å². The first-order chi connectivity index (χ1) is 8.54. The number of rotatable bonds is 5. The molecule has 98 valence electrons. The molecule has 1 unspecified atom stereocenters. The summed E-state index contributed by atoms with van der Waals surface area (Å²) in [6.45, 7) is 0.138. The molecule has 5 nitrogen and oxygen atoms in total. The molecule has 0 aliphatic rings. The van der Waals surface area contributed by atoms with Gasteiger partial charge in [-0.05, 0) is 6.07 Å². The highest BCUT2D eigenvalue weighted by Gasteiger charge is 2.16. The Morgan fingerprint density at radius 1 is 1.44 bits per heavy atom. The third-order valence-corrected chi connectivity index (χ3v) is 2.98. The molecule has 1 amide bonds. The molecule has 0 heterocycles. The summed E-state index contributed by atoms with van der Waals surface area (Å²) >= 11 is 3.09. The van der Waals surface area contributed by atoms with E-state index in [2.05, 4.69) is 26.0 Å². The maximum Gasteiger partial charge on any atom is 0.321 e. The van der Waals surface area contributed by atoms with E-state index in [0.717, 1.165) is 0 Å². The summed E-state index contributed by atoms with van der Waals surface area (Å²) < 4.78 is 4.50. The van der Waals surface area contributed by atoms with Gasteiger partial charge in [0.2, 0.25) is 5.91 Å². The molecular weight excluding hydrogens is 302 g/mol. The maximum atomic E-state index is 11.6. The number of carbonyl (C=O) groups is 2. The average Bonchev–Trinajstić information content (AvgIpc) is 2.37. The second-order valence-electron chi connectivity index (χ2n) is 3.60. The zero-order chi connectivity index (χ0) is 13.5. The number of hydrogen-bond donors (Lipinski definition) is 2. The van der Waals surface area contributed by atoms with Crippen LogP contribution in [0, 0.1) is 0 Å². The first-order valence-corrected chi connectivity index (χ1v) is 6.21. The Kier molecular flexibility index (Phi) is 5.64. The zero-order valence-corrected chi connectivity index (χ0v) is 11.4. The number of alkyl halides is 1. The Balaban J connectivity index is 2.43. The molecule has 0 spiro atoms. The highest BCUT2D eigenvalue weighted by molar-refractivity contribution is 9.10. The van der Waals surface area contributed by atoms with E-state index in [1.165, 1.54) is 13.2 Å². The largest absolute Gasteiger partial charge is 0.508 e. The summed E-state index contributed by atoms with van der Waals surface area (Å²) in [5.41, 5.74) is 0.541. The molecule has 0 saturated heterocycles. The van der Waals surface area contributed by atoms with Crippen molar-refractivity contribution < 1.29 is 19.4 Å². The highest BCUT2D eigenvalue weighted by Crippen LogP contribution is 2.15. The number of ether oxygens (including phenoxy) is 1. The van der Waals surface area contributed by atoms with Crippen molar-refractivity contribution in [1.82, 2.24) is 5.32 Å². The molecule has 0 fully saturated rings. The Hall–Kier alpha value is -1.56. The standard InChI is InChI=1S/C12H14BrNO4/c1-18-12(17)9(13)7-14-11(16)6-8-4-2-3-5-10(8)15/h2-5,9,15H,6-7H2,1H3,(H,14,16). The Morgan fingerprint density at radius 3 is 2.72 bits per heavy atom. The van der Waals surface area contributed by atoms with Crippen LogP contribution in [-0.2, 0) is 20.7 Å². The molecule has 1 rings (SSSR count). The van der Waals surface area contributed by atoms with Gasteiger partial charge in [-0.3, -0.25) is 9.59 Å². The lowest BCUT2D eigenvalue weighted by Crippen LogP contribution is -2.34. The number of methoxy groups -OCH3 is 1. The van der Waals surface area contributed by atoms with E-state index in [1.807, 2.05) is 0 Å². The van der Waals surface area contributed by atoms with Gasteiger partial charge in [0, 0.05) is 12.1 Å². The molecule has 2 N–H and O–H groups in total. The normalized spacial score (nSPS) is 11.7. The summed E-state index contributed by atoms with van der Waals surface area (Å²) in [7, 11) is 1.28. The third-order valence-electron chi connectivity index (χ3n) is 2.28. The maximum absolute atomic E-state index is 11.6. The molecule has 0 bridgehead atoms. The number of esters is 1. The minimum atomic E-state index is -0.573. The van der Waals surface area contributed by atoms with Crippen molar-refractivity contribution in [3.8, 4) is 5.75 Å². The zero-order valence-electron chi connectivity index (χ0n) is 9.85. The lowest BCUT2D eigenvalue weighted by Gasteiger charge is -2.09. The van der Waals surface area contributed by atoms with Gasteiger partial charge >= 0.3 is 5.97 Å². The monoisotopic (exact) mass is 315 g/mol. The van der Waals surface area contributed by atoms with Crippen LogP contribution >= 0.6 is 15.9 Å². The number of benzene rings is 1. The van der Waals surface area contributed by atoms with Crippen LogP contribution in [0.5, 0.6) is 5.75 Å². The lowest BCUT2D eigenvalue weighted by atomic mass is 10.1. The van der Waals surface area contributed by atoms with Crippen LogP contribution in [-0.4, -0.2) is 35.5 Å². The van der Waals surface area contributed by atoms with Crippen molar-refractivity contribution in [2.45, 2.75) is 11.2 Å². The number of para-hydroxylation sites is 1. The van der Waals surface area contributed by atoms with E-state index in [1.54, 1.807) is 18.2 Å². The van der Waals surface area contributed by atoms with Gasteiger partial charge in [-0.1, -0.05) is 34.1 Å². The van der Waals surface area contributed by atoms with Crippen molar-refractivity contribution >= 4 is 27.8 Å². The Morgan fingerprint density at radius 2 is 2.11 bits per heavy atom. The Bertz CT molecular complexity index is 436. The van der Waals surface area contributed by atoms with E-state index in [-0.39, 0.29) is 24.6 Å². The quantitative estimate of drug-likeness (QED) is 0.627. The number of nitrogens with one attached hydrogen (secondary N) is 1. The van der Waals surface area contributed by atoms with Crippen LogP contribution < -0.4 is 5.32 Å². The molecule has 0 saturated carbocycles.